The molecule has 2 aromatic carbocycles. The second-order valence-electron chi connectivity index (χ2n) is 5.97. The van der Waals surface area contributed by atoms with Crippen LogP contribution in [0.3, 0.4) is 0 Å². The zero-order valence-corrected chi connectivity index (χ0v) is 14.6. The highest BCUT2D eigenvalue weighted by molar-refractivity contribution is 7.22. The van der Waals surface area contributed by atoms with Crippen molar-refractivity contribution in [2.24, 2.45) is 0 Å². The fourth-order valence-electron chi connectivity index (χ4n) is 2.68. The van der Waals surface area contributed by atoms with Gasteiger partial charge in [0.05, 0.1) is 29.0 Å². The Morgan fingerprint density at radius 1 is 1.24 bits per heavy atom. The Balaban J connectivity index is 1.55. The summed E-state index contributed by atoms with van der Waals surface area (Å²) >= 11 is 1.42. The highest BCUT2D eigenvalue weighted by atomic mass is 32.1. The molecule has 0 atom stereocenters. The molecule has 1 amide bonds. The van der Waals surface area contributed by atoms with Gasteiger partial charge < -0.3 is 9.47 Å². The standard InChI is InChI=1S/C19H18N2O3S/c1-23-13-9-10-15-17(11-13)25-19(20-15)21-18(22)14-7-2-3-8-16(14)24-12-5-4-6-12/h2-3,7-12H,4-6H2,1H3,(H,20,21,22). The summed E-state index contributed by atoms with van der Waals surface area (Å²) in [7, 11) is 1.63. The second-order valence-corrected chi connectivity index (χ2v) is 7.00. The van der Waals surface area contributed by atoms with Gasteiger partial charge in [0, 0.05) is 0 Å². The number of carbonyl (C=O) groups excluding carboxylic acids is 1. The lowest BCUT2D eigenvalue weighted by Gasteiger charge is -2.27. The molecule has 5 nitrogen and oxygen atoms in total. The molecule has 0 spiro atoms. The van der Waals surface area contributed by atoms with Crippen LogP contribution >= 0.6 is 11.3 Å². The number of rotatable bonds is 5. The van der Waals surface area contributed by atoms with Gasteiger partial charge in [-0.25, -0.2) is 4.98 Å². The number of hydrogen-bond donors (Lipinski definition) is 1. The summed E-state index contributed by atoms with van der Waals surface area (Å²) in [6.45, 7) is 0. The maximum atomic E-state index is 12.7. The highest BCUT2D eigenvalue weighted by Crippen LogP contribution is 2.31. The number of ether oxygens (including phenoxy) is 2. The fourth-order valence-corrected chi connectivity index (χ4v) is 3.56. The van der Waals surface area contributed by atoms with Gasteiger partial charge in [-0.2, -0.15) is 0 Å². The molecule has 1 N–H and O–H groups in total. The van der Waals surface area contributed by atoms with Crippen molar-refractivity contribution in [1.82, 2.24) is 4.98 Å². The summed E-state index contributed by atoms with van der Waals surface area (Å²) in [4.78, 5) is 17.1. The van der Waals surface area contributed by atoms with E-state index in [4.69, 9.17) is 9.47 Å². The molecular formula is C19H18N2O3S. The third-order valence-corrected chi connectivity index (χ3v) is 5.23. The van der Waals surface area contributed by atoms with Crippen LogP contribution in [0.5, 0.6) is 11.5 Å². The Morgan fingerprint density at radius 2 is 2.08 bits per heavy atom. The van der Waals surface area contributed by atoms with E-state index in [-0.39, 0.29) is 12.0 Å². The van der Waals surface area contributed by atoms with Crippen molar-refractivity contribution < 1.29 is 14.3 Å². The number of aromatic nitrogens is 1. The molecule has 4 rings (SSSR count). The van der Waals surface area contributed by atoms with Crippen molar-refractivity contribution in [3.05, 3.63) is 48.0 Å². The Kier molecular flexibility index (Phi) is 4.28. The Hall–Kier alpha value is -2.60. The highest BCUT2D eigenvalue weighted by Gasteiger charge is 2.22. The van der Waals surface area contributed by atoms with Gasteiger partial charge in [0.1, 0.15) is 11.5 Å². The van der Waals surface area contributed by atoms with Crippen molar-refractivity contribution in [1.29, 1.82) is 0 Å². The van der Waals surface area contributed by atoms with Crippen LogP contribution in [0.2, 0.25) is 0 Å². The van der Waals surface area contributed by atoms with E-state index < -0.39 is 0 Å². The van der Waals surface area contributed by atoms with Gasteiger partial charge in [0.25, 0.3) is 5.91 Å². The number of hydrogen-bond acceptors (Lipinski definition) is 5. The lowest BCUT2D eigenvalue weighted by Crippen LogP contribution is -2.26. The smallest absolute Gasteiger partial charge is 0.261 e. The topological polar surface area (TPSA) is 60.5 Å². The molecule has 25 heavy (non-hydrogen) atoms. The molecule has 6 heteroatoms. The number of methoxy groups -OCH3 is 1. The van der Waals surface area contributed by atoms with Crippen LogP contribution in [0, 0.1) is 0 Å². The summed E-state index contributed by atoms with van der Waals surface area (Å²) in [5.74, 6) is 1.20. The predicted molar refractivity (Wildman–Crippen MR) is 98.8 cm³/mol. The van der Waals surface area contributed by atoms with Crippen molar-refractivity contribution in [2.75, 3.05) is 12.4 Å². The summed E-state index contributed by atoms with van der Waals surface area (Å²) < 4.78 is 12.1. The van der Waals surface area contributed by atoms with E-state index in [9.17, 15) is 4.79 Å². The van der Waals surface area contributed by atoms with Gasteiger partial charge in [-0.15, -0.1) is 0 Å². The van der Waals surface area contributed by atoms with E-state index in [2.05, 4.69) is 10.3 Å². The molecule has 0 aliphatic heterocycles. The first-order valence-corrected chi connectivity index (χ1v) is 9.06. The SMILES string of the molecule is COc1ccc2nc(NC(=O)c3ccccc3OC3CCC3)sc2c1. The monoisotopic (exact) mass is 354 g/mol. The van der Waals surface area contributed by atoms with Crippen LogP contribution < -0.4 is 14.8 Å². The number of nitrogens with one attached hydrogen (secondary N) is 1. The largest absolute Gasteiger partial charge is 0.497 e. The van der Waals surface area contributed by atoms with Crippen molar-refractivity contribution in [2.45, 2.75) is 25.4 Å². The third-order valence-electron chi connectivity index (χ3n) is 4.29. The number of anilines is 1. The minimum absolute atomic E-state index is 0.207. The maximum absolute atomic E-state index is 12.7. The molecule has 0 bridgehead atoms. The summed E-state index contributed by atoms with van der Waals surface area (Å²) in [5.41, 5.74) is 1.37. The molecule has 1 aliphatic rings. The van der Waals surface area contributed by atoms with Crippen molar-refractivity contribution in [3.8, 4) is 11.5 Å². The first kappa shape index (κ1) is 15.9. The van der Waals surface area contributed by atoms with Gasteiger partial charge in [-0.1, -0.05) is 23.5 Å². The molecule has 1 saturated carbocycles. The predicted octanol–water partition coefficient (Wildman–Crippen LogP) is 4.49. The fraction of sp³-hybridized carbons (Fsp3) is 0.263. The molecule has 1 aromatic heterocycles. The zero-order valence-electron chi connectivity index (χ0n) is 13.8. The van der Waals surface area contributed by atoms with E-state index in [1.54, 1.807) is 13.2 Å². The van der Waals surface area contributed by atoms with E-state index in [0.29, 0.717) is 16.4 Å². The molecule has 0 saturated heterocycles. The first-order valence-electron chi connectivity index (χ1n) is 8.24. The lowest BCUT2D eigenvalue weighted by atomic mass is 9.96. The van der Waals surface area contributed by atoms with Gasteiger partial charge in [0.15, 0.2) is 5.13 Å². The van der Waals surface area contributed by atoms with E-state index >= 15 is 0 Å². The Labute approximate surface area is 149 Å². The molecule has 1 aliphatic carbocycles. The number of amides is 1. The van der Waals surface area contributed by atoms with Crippen LogP contribution in [-0.4, -0.2) is 24.1 Å². The quantitative estimate of drug-likeness (QED) is 0.733. The third kappa shape index (κ3) is 3.30. The second kappa shape index (κ2) is 6.72. The van der Waals surface area contributed by atoms with Gasteiger partial charge in [-0.05, 0) is 49.6 Å². The maximum Gasteiger partial charge on any atom is 0.261 e. The van der Waals surface area contributed by atoms with Crippen LogP contribution in [0.15, 0.2) is 42.5 Å². The summed E-state index contributed by atoms with van der Waals surface area (Å²) in [6.07, 6.45) is 3.52. The Morgan fingerprint density at radius 3 is 2.84 bits per heavy atom. The molecule has 3 aromatic rings. The molecule has 0 radical (unpaired) electrons. The number of benzene rings is 2. The van der Waals surface area contributed by atoms with Gasteiger partial charge >= 0.3 is 0 Å². The molecule has 1 fully saturated rings. The summed E-state index contributed by atoms with van der Waals surface area (Å²) in [6, 6.07) is 13.0. The molecule has 1 heterocycles. The van der Waals surface area contributed by atoms with Gasteiger partial charge in [-0.3, -0.25) is 10.1 Å². The lowest BCUT2D eigenvalue weighted by molar-refractivity contribution is 0.0992. The molecule has 0 unspecified atom stereocenters. The number of nitrogens with zero attached hydrogens (tertiary/aromatic N) is 1. The van der Waals surface area contributed by atoms with E-state index in [1.807, 2.05) is 36.4 Å². The van der Waals surface area contributed by atoms with Crippen molar-refractivity contribution >= 4 is 32.6 Å². The molecular weight excluding hydrogens is 336 g/mol. The van der Waals surface area contributed by atoms with E-state index in [0.717, 1.165) is 28.8 Å². The Bertz CT molecular complexity index is 918. The number of para-hydroxylation sites is 1. The van der Waals surface area contributed by atoms with E-state index in [1.165, 1.54) is 17.8 Å². The van der Waals surface area contributed by atoms with Crippen molar-refractivity contribution in [3.63, 3.8) is 0 Å². The van der Waals surface area contributed by atoms with Crippen LogP contribution in [-0.2, 0) is 0 Å². The minimum Gasteiger partial charge on any atom is -0.497 e. The molecule has 128 valence electrons. The summed E-state index contributed by atoms with van der Waals surface area (Å²) in [5, 5.41) is 3.44. The average Bonchev–Trinajstić information content (AvgIpc) is 2.99. The normalized spacial score (nSPS) is 14.1. The zero-order chi connectivity index (χ0) is 17.2. The number of thiazole rings is 1. The van der Waals surface area contributed by atoms with Crippen LogP contribution in [0.25, 0.3) is 10.2 Å². The first-order chi connectivity index (χ1) is 12.2. The van der Waals surface area contributed by atoms with Crippen LogP contribution in [0.4, 0.5) is 5.13 Å². The number of fused-ring (bicyclic) bond motifs is 1. The average molecular weight is 354 g/mol. The minimum atomic E-state index is -0.207. The number of carbonyl (C=O) groups is 1. The van der Waals surface area contributed by atoms with Crippen LogP contribution in [0.1, 0.15) is 29.6 Å². The van der Waals surface area contributed by atoms with Gasteiger partial charge in [0.2, 0.25) is 0 Å².